The highest BCUT2D eigenvalue weighted by Gasteiger charge is 2.09. The average Bonchev–Trinajstić information content (AvgIpc) is 2.03. The molecule has 0 unspecified atom stereocenters. The topological polar surface area (TPSA) is 0 Å². The summed E-state index contributed by atoms with van der Waals surface area (Å²) in [5, 5.41) is 0. The molecule has 0 fully saturated rings. The molecule has 0 atom stereocenters. The second kappa shape index (κ2) is 5.19. The van der Waals surface area contributed by atoms with Gasteiger partial charge in [-0.3, -0.25) is 0 Å². The lowest BCUT2D eigenvalue weighted by Crippen LogP contribution is -1.98. The lowest BCUT2D eigenvalue weighted by Gasteiger charge is -2.16. The first kappa shape index (κ1) is 13.2. The van der Waals surface area contributed by atoms with Gasteiger partial charge in [0.25, 0.3) is 0 Å². The van der Waals surface area contributed by atoms with Crippen LogP contribution in [0.3, 0.4) is 0 Å². The number of rotatable bonds is 2. The van der Waals surface area contributed by atoms with Crippen LogP contribution in [0.4, 0.5) is 0 Å². The van der Waals surface area contributed by atoms with Gasteiger partial charge < -0.3 is 0 Å². The fraction of sp³-hybridized carbons (Fsp3) is 0.571. The minimum absolute atomic E-state index is 0. The third-order valence-electron chi connectivity index (χ3n) is 2.49. The van der Waals surface area contributed by atoms with Gasteiger partial charge in [0.2, 0.25) is 0 Å². The van der Waals surface area contributed by atoms with E-state index < -0.39 is 0 Å². The number of aryl methyl sites for hydroxylation is 1. The van der Waals surface area contributed by atoms with Crippen LogP contribution in [-0.4, -0.2) is 0 Å². The van der Waals surface area contributed by atoms with Crippen molar-refractivity contribution in [3.63, 3.8) is 0 Å². The molecule has 0 saturated heterocycles. The van der Waals surface area contributed by atoms with E-state index in [1.165, 1.54) is 16.7 Å². The van der Waals surface area contributed by atoms with E-state index in [4.69, 9.17) is 0 Å². The van der Waals surface area contributed by atoms with Crippen molar-refractivity contribution in [3.8, 4) is 0 Å². The molecule has 0 amide bonds. The summed E-state index contributed by atoms with van der Waals surface area (Å²) in [6.07, 6.45) is 0. The summed E-state index contributed by atoms with van der Waals surface area (Å²) in [6, 6.07) is 6.80. The summed E-state index contributed by atoms with van der Waals surface area (Å²) in [6.45, 7) is 11.2. The van der Waals surface area contributed by atoms with Gasteiger partial charge in [-0.15, -0.1) is 0 Å². The Morgan fingerprint density at radius 1 is 0.857 bits per heavy atom. The summed E-state index contributed by atoms with van der Waals surface area (Å²) in [5.41, 5.74) is 4.38. The third-order valence-corrected chi connectivity index (χ3v) is 2.49. The fourth-order valence-electron chi connectivity index (χ4n) is 1.72. The van der Waals surface area contributed by atoms with Crippen LogP contribution >= 0.6 is 0 Å². The normalized spacial score (nSPS) is 10.5. The van der Waals surface area contributed by atoms with Gasteiger partial charge in [0.15, 0.2) is 0 Å². The van der Waals surface area contributed by atoms with Gasteiger partial charge in [-0.2, -0.15) is 0 Å². The molecule has 1 rings (SSSR count). The molecule has 14 heavy (non-hydrogen) atoms. The Balaban J connectivity index is 0.00000169. The largest absolute Gasteiger partial charge is 0.0776 e. The highest BCUT2D eigenvalue weighted by molar-refractivity contribution is 5.35. The van der Waals surface area contributed by atoms with Gasteiger partial charge >= 0.3 is 0 Å². The van der Waals surface area contributed by atoms with Crippen molar-refractivity contribution in [2.45, 2.75) is 53.9 Å². The Morgan fingerprint density at radius 2 is 1.36 bits per heavy atom. The second-order valence-corrected chi connectivity index (χ2v) is 4.44. The molecule has 80 valence electrons. The summed E-state index contributed by atoms with van der Waals surface area (Å²) in [7, 11) is 0. The monoisotopic (exact) mass is 192 g/mol. The number of benzene rings is 1. The quantitative estimate of drug-likeness (QED) is 0.626. The fourth-order valence-corrected chi connectivity index (χ4v) is 1.72. The van der Waals surface area contributed by atoms with E-state index in [9.17, 15) is 0 Å². The van der Waals surface area contributed by atoms with E-state index in [0.29, 0.717) is 11.8 Å². The Kier molecular flexibility index (Phi) is 4.90. The first-order chi connectivity index (χ1) is 6.02. The zero-order valence-electron chi connectivity index (χ0n) is 9.39. The van der Waals surface area contributed by atoms with Gasteiger partial charge in [0.05, 0.1) is 0 Å². The molecule has 0 bridgehead atoms. The van der Waals surface area contributed by atoms with Crippen molar-refractivity contribution >= 4 is 0 Å². The molecule has 0 radical (unpaired) electrons. The van der Waals surface area contributed by atoms with Crippen LogP contribution in [0, 0.1) is 6.92 Å². The molecular weight excluding hydrogens is 168 g/mol. The van der Waals surface area contributed by atoms with Gasteiger partial charge in [0, 0.05) is 0 Å². The van der Waals surface area contributed by atoms with Crippen LogP contribution in [0.25, 0.3) is 0 Å². The molecule has 1 aromatic carbocycles. The van der Waals surface area contributed by atoms with Crippen LogP contribution in [0.1, 0.15) is 63.6 Å². The van der Waals surface area contributed by atoms with Crippen molar-refractivity contribution in [2.75, 3.05) is 0 Å². The summed E-state index contributed by atoms with van der Waals surface area (Å²) < 4.78 is 0. The van der Waals surface area contributed by atoms with E-state index in [1.54, 1.807) is 0 Å². The van der Waals surface area contributed by atoms with Crippen LogP contribution in [0.15, 0.2) is 18.2 Å². The Morgan fingerprint density at radius 3 is 1.79 bits per heavy atom. The zero-order chi connectivity index (χ0) is 10.0. The molecule has 0 heteroatoms. The van der Waals surface area contributed by atoms with Crippen molar-refractivity contribution in [3.05, 3.63) is 34.9 Å². The molecule has 0 aliphatic rings. The van der Waals surface area contributed by atoms with Gasteiger partial charge in [0.1, 0.15) is 0 Å². The second-order valence-electron chi connectivity index (χ2n) is 4.44. The molecule has 0 spiro atoms. The van der Waals surface area contributed by atoms with Crippen LogP contribution in [-0.2, 0) is 0 Å². The predicted molar refractivity (Wildman–Crippen MR) is 66.1 cm³/mol. The van der Waals surface area contributed by atoms with E-state index >= 15 is 0 Å². The van der Waals surface area contributed by atoms with Gasteiger partial charge in [-0.1, -0.05) is 58.9 Å². The predicted octanol–water partition coefficient (Wildman–Crippen LogP) is 4.88. The van der Waals surface area contributed by atoms with E-state index in [2.05, 4.69) is 52.8 Å². The third kappa shape index (κ3) is 2.87. The highest BCUT2D eigenvalue weighted by atomic mass is 14.1. The molecule has 0 heterocycles. The maximum atomic E-state index is 2.32. The average molecular weight is 192 g/mol. The first-order valence-electron chi connectivity index (χ1n) is 5.12. The molecular formula is C14H24. The van der Waals surface area contributed by atoms with Crippen LogP contribution in [0.2, 0.25) is 0 Å². The SMILES string of the molecule is C.Cc1ccc(C(C)C)c(C(C)C)c1. The van der Waals surface area contributed by atoms with Gasteiger partial charge in [-0.05, 0) is 29.9 Å². The molecule has 0 N–H and O–H groups in total. The first-order valence-corrected chi connectivity index (χ1v) is 5.12. The molecule has 0 saturated carbocycles. The summed E-state index contributed by atoms with van der Waals surface area (Å²) in [5.74, 6) is 1.27. The van der Waals surface area contributed by atoms with Crippen molar-refractivity contribution in [2.24, 2.45) is 0 Å². The molecule has 1 aromatic rings. The van der Waals surface area contributed by atoms with E-state index in [-0.39, 0.29) is 7.43 Å². The van der Waals surface area contributed by atoms with Gasteiger partial charge in [-0.25, -0.2) is 0 Å². The van der Waals surface area contributed by atoms with Crippen molar-refractivity contribution in [1.29, 1.82) is 0 Å². The van der Waals surface area contributed by atoms with Crippen molar-refractivity contribution < 1.29 is 0 Å². The lowest BCUT2D eigenvalue weighted by atomic mass is 9.89. The Labute approximate surface area is 89.4 Å². The van der Waals surface area contributed by atoms with E-state index in [1.807, 2.05) is 0 Å². The summed E-state index contributed by atoms with van der Waals surface area (Å²) in [4.78, 5) is 0. The zero-order valence-corrected chi connectivity index (χ0v) is 9.39. The standard InChI is InChI=1S/C13H20.CH4/c1-9(2)12-7-6-11(5)8-13(12)10(3)4;/h6-10H,1-5H3;1H4. The summed E-state index contributed by atoms with van der Waals surface area (Å²) >= 11 is 0. The Hall–Kier alpha value is -0.780. The molecule has 0 nitrogen and oxygen atoms in total. The minimum atomic E-state index is 0. The van der Waals surface area contributed by atoms with Crippen molar-refractivity contribution in [1.82, 2.24) is 0 Å². The van der Waals surface area contributed by atoms with Crippen LogP contribution in [0.5, 0.6) is 0 Å². The van der Waals surface area contributed by atoms with Crippen LogP contribution < -0.4 is 0 Å². The number of hydrogen-bond acceptors (Lipinski definition) is 0. The number of hydrogen-bond donors (Lipinski definition) is 0. The maximum absolute atomic E-state index is 2.32. The lowest BCUT2D eigenvalue weighted by molar-refractivity contribution is 0.789. The smallest absolute Gasteiger partial charge is 0.0216 e. The minimum Gasteiger partial charge on any atom is -0.0776 e. The highest BCUT2D eigenvalue weighted by Crippen LogP contribution is 2.26. The Bertz CT molecular complexity index is 282. The molecule has 0 aromatic heterocycles. The van der Waals surface area contributed by atoms with E-state index in [0.717, 1.165) is 0 Å². The maximum Gasteiger partial charge on any atom is -0.0216 e. The molecule has 0 aliphatic carbocycles. The molecule has 0 aliphatic heterocycles.